The number of hydrogen-bond donors (Lipinski definition) is 0. The van der Waals surface area contributed by atoms with E-state index in [0.29, 0.717) is 10.9 Å². The summed E-state index contributed by atoms with van der Waals surface area (Å²) in [5.41, 5.74) is -5.65. The van der Waals surface area contributed by atoms with Crippen LogP contribution in [0.3, 0.4) is 0 Å². The monoisotopic (exact) mass is 288 g/mol. The maximum atomic E-state index is 10.7. The van der Waals surface area contributed by atoms with Crippen LogP contribution in [0.1, 0.15) is 0 Å². The molecule has 0 radical (unpaired) electrons. The van der Waals surface area contributed by atoms with Crippen molar-refractivity contribution in [3.63, 3.8) is 0 Å². The number of benzene rings is 1. The second-order valence-corrected chi connectivity index (χ2v) is 6.50. The lowest BCUT2D eigenvalue weighted by Crippen LogP contribution is -2.21. The summed E-state index contributed by atoms with van der Waals surface area (Å²) in [5, 5.41) is 0. The fourth-order valence-electron chi connectivity index (χ4n) is 0.693. The Kier molecular flexibility index (Phi) is 6.00. The lowest BCUT2D eigenvalue weighted by Gasteiger charge is -2.08. The molecule has 1 rings (SSSR count). The molecule has 0 aliphatic rings. The fourth-order valence-corrected chi connectivity index (χ4v) is 1.39. The van der Waals surface area contributed by atoms with E-state index >= 15 is 0 Å². The molecule has 17 heavy (non-hydrogen) atoms. The van der Waals surface area contributed by atoms with Crippen LogP contribution in [-0.2, 0) is 21.0 Å². The Morgan fingerprint density at radius 3 is 1.65 bits per heavy atom. The molecular weight excluding hydrogens is 277 g/mol. The summed E-state index contributed by atoms with van der Waals surface area (Å²) in [6.07, 6.45) is 4.46. The van der Waals surface area contributed by atoms with Crippen LogP contribution in [0.5, 0.6) is 0 Å². The van der Waals surface area contributed by atoms with Crippen LogP contribution in [0.2, 0.25) is 0 Å². The van der Waals surface area contributed by atoms with E-state index in [1.807, 2.05) is 0 Å². The quantitative estimate of drug-likeness (QED) is 0.451. The highest BCUT2D eigenvalue weighted by atomic mass is 32.2. The van der Waals surface area contributed by atoms with Crippen molar-refractivity contribution in [2.75, 3.05) is 12.5 Å². The van der Waals surface area contributed by atoms with Crippen LogP contribution in [0.4, 0.5) is 13.2 Å². The summed E-state index contributed by atoms with van der Waals surface area (Å²) >= 11 is 0. The summed E-state index contributed by atoms with van der Waals surface area (Å²) in [6, 6.07) is 10.6. The van der Waals surface area contributed by atoms with Crippen molar-refractivity contribution in [2.24, 2.45) is 0 Å². The Labute approximate surface area is 101 Å². The molecule has 0 aliphatic carbocycles. The van der Waals surface area contributed by atoms with Gasteiger partial charge in [0.05, 0.1) is 0 Å². The van der Waals surface area contributed by atoms with Gasteiger partial charge in [0.25, 0.3) is 0 Å². The second-order valence-electron chi connectivity index (χ2n) is 3.03. The molecule has 1 aromatic carbocycles. The van der Waals surface area contributed by atoms with Crippen molar-refractivity contribution in [1.82, 2.24) is 0 Å². The van der Waals surface area contributed by atoms with E-state index in [0.717, 1.165) is 0 Å². The van der Waals surface area contributed by atoms with Crippen LogP contribution in [-0.4, -0.2) is 31.0 Å². The molecule has 0 atom stereocenters. The molecule has 0 saturated carbocycles. The maximum Gasteiger partial charge on any atom is 0.485 e. The van der Waals surface area contributed by atoms with Gasteiger partial charge in [0.1, 0.15) is 12.5 Å². The smallest absolute Gasteiger partial charge is 0.485 e. The van der Waals surface area contributed by atoms with E-state index in [1.165, 1.54) is 4.90 Å². The van der Waals surface area contributed by atoms with Crippen LogP contribution < -0.4 is 0 Å². The van der Waals surface area contributed by atoms with Gasteiger partial charge in [-0.25, -0.2) is 8.42 Å². The van der Waals surface area contributed by atoms with E-state index in [1.54, 1.807) is 0 Å². The van der Waals surface area contributed by atoms with Gasteiger partial charge in [-0.3, -0.25) is 0 Å². The lowest BCUT2D eigenvalue weighted by molar-refractivity contribution is -0.0517. The molecule has 0 aliphatic heterocycles. The number of alkyl halides is 3. The van der Waals surface area contributed by atoms with Gasteiger partial charge in [-0.15, -0.1) is 0 Å². The predicted octanol–water partition coefficient (Wildman–Crippen LogP) is 1.97. The van der Waals surface area contributed by atoms with Crippen molar-refractivity contribution in [3.05, 3.63) is 30.3 Å². The van der Waals surface area contributed by atoms with Gasteiger partial charge in [0.2, 0.25) is 0 Å². The average molecular weight is 288 g/mol. The Balaban J connectivity index is 0.000000304. The molecule has 0 N–H and O–H groups in total. The molecule has 0 amide bonds. The maximum absolute atomic E-state index is 10.7. The van der Waals surface area contributed by atoms with Crippen molar-refractivity contribution < 1.29 is 26.1 Å². The van der Waals surface area contributed by atoms with E-state index in [4.69, 9.17) is 13.0 Å². The van der Waals surface area contributed by atoms with Gasteiger partial charge in [0.15, 0.2) is 15.0 Å². The molecule has 0 heterocycles. The molecule has 3 nitrogen and oxygen atoms in total. The largest absolute Gasteiger partial charge is 0.741 e. The molecule has 0 aromatic heterocycles. The van der Waals surface area contributed by atoms with Crippen LogP contribution in [0, 0.1) is 0 Å². The van der Waals surface area contributed by atoms with E-state index in [-0.39, 0.29) is 0 Å². The lowest BCUT2D eigenvalue weighted by atomic mass is 10.4. The summed E-state index contributed by atoms with van der Waals surface area (Å²) < 4.78 is 58.9. The SMILES string of the molecule is C[S+](C)c1ccccc1.O=S(=O)([O-])C(F)(F)F. The second kappa shape index (κ2) is 6.27. The minimum atomic E-state index is -6.09. The zero-order valence-corrected chi connectivity index (χ0v) is 10.7. The van der Waals surface area contributed by atoms with Crippen molar-refractivity contribution in [1.29, 1.82) is 0 Å². The van der Waals surface area contributed by atoms with Crippen LogP contribution in [0.25, 0.3) is 0 Å². The van der Waals surface area contributed by atoms with Crippen molar-refractivity contribution in [2.45, 2.75) is 10.4 Å². The topological polar surface area (TPSA) is 57.2 Å². The first kappa shape index (κ1) is 16.3. The van der Waals surface area contributed by atoms with Crippen LogP contribution in [0.15, 0.2) is 35.2 Å². The van der Waals surface area contributed by atoms with Gasteiger partial charge >= 0.3 is 5.51 Å². The fraction of sp³-hybridized carbons (Fsp3) is 0.333. The first-order valence-corrected chi connectivity index (χ1v) is 7.65. The molecule has 0 spiro atoms. The van der Waals surface area contributed by atoms with Gasteiger partial charge in [-0.2, -0.15) is 13.2 Å². The molecule has 0 saturated heterocycles. The number of hydrogen-bond acceptors (Lipinski definition) is 3. The Bertz CT molecular complexity index is 427. The van der Waals surface area contributed by atoms with Gasteiger partial charge in [-0.1, -0.05) is 18.2 Å². The third kappa shape index (κ3) is 6.54. The summed E-state index contributed by atoms with van der Waals surface area (Å²) in [5.74, 6) is 0. The molecule has 0 fully saturated rings. The zero-order chi connectivity index (χ0) is 13.7. The highest BCUT2D eigenvalue weighted by Crippen LogP contribution is 2.20. The molecule has 0 bridgehead atoms. The highest BCUT2D eigenvalue weighted by Gasteiger charge is 2.36. The van der Waals surface area contributed by atoms with Crippen molar-refractivity contribution in [3.8, 4) is 0 Å². The van der Waals surface area contributed by atoms with Crippen molar-refractivity contribution >= 4 is 21.0 Å². The first-order chi connectivity index (χ1) is 7.55. The molecule has 0 unspecified atom stereocenters. The zero-order valence-electron chi connectivity index (χ0n) is 9.06. The number of halogens is 3. The molecular formula is C9H11F3O3S2. The average Bonchev–Trinajstić information content (AvgIpc) is 2.17. The van der Waals surface area contributed by atoms with E-state index in [2.05, 4.69) is 42.8 Å². The van der Waals surface area contributed by atoms with E-state index in [9.17, 15) is 13.2 Å². The minimum absolute atomic E-state index is 0.421. The van der Waals surface area contributed by atoms with Crippen LogP contribution >= 0.6 is 0 Å². The third-order valence-electron chi connectivity index (χ3n) is 1.50. The third-order valence-corrected chi connectivity index (χ3v) is 3.28. The standard InChI is InChI=1S/C8H11S.CHF3O3S/c1-9(2)8-6-4-3-5-7-8;2-1(3,4)8(5,6)7/h3-7H,1-2H3;(H,5,6,7)/q+1;/p-1. The normalized spacial score (nSPS) is 11.9. The number of rotatable bonds is 1. The Hall–Kier alpha value is -0.730. The first-order valence-electron chi connectivity index (χ1n) is 4.20. The highest BCUT2D eigenvalue weighted by molar-refractivity contribution is 7.95. The molecule has 8 heteroatoms. The van der Waals surface area contributed by atoms with Gasteiger partial charge in [0, 0.05) is 10.9 Å². The summed E-state index contributed by atoms with van der Waals surface area (Å²) in [4.78, 5) is 1.44. The van der Waals surface area contributed by atoms with Gasteiger partial charge < -0.3 is 4.55 Å². The molecule has 1 aromatic rings. The molecule has 98 valence electrons. The van der Waals surface area contributed by atoms with E-state index < -0.39 is 15.6 Å². The Morgan fingerprint density at radius 2 is 1.47 bits per heavy atom. The summed E-state index contributed by atoms with van der Waals surface area (Å²) in [6.45, 7) is 0. The minimum Gasteiger partial charge on any atom is -0.741 e. The Morgan fingerprint density at radius 1 is 1.12 bits per heavy atom. The predicted molar refractivity (Wildman–Crippen MR) is 59.7 cm³/mol. The van der Waals surface area contributed by atoms with Gasteiger partial charge in [-0.05, 0) is 12.1 Å². The summed E-state index contributed by atoms with van der Waals surface area (Å²) in [7, 11) is -5.67.